The maximum Gasteiger partial charge on any atom is 0.274 e. The summed E-state index contributed by atoms with van der Waals surface area (Å²) < 4.78 is 41.1. The average Bonchev–Trinajstić information content (AvgIpc) is 3.19. The van der Waals surface area contributed by atoms with Gasteiger partial charge in [0.2, 0.25) is 10.0 Å². The number of hydroxylamine groups is 1. The van der Waals surface area contributed by atoms with E-state index in [1.54, 1.807) is 54.9 Å². The van der Waals surface area contributed by atoms with Crippen molar-refractivity contribution in [3.8, 4) is 11.1 Å². The second-order valence-electron chi connectivity index (χ2n) is 7.18. The fraction of sp³-hybridized carbons (Fsp3) is 0.136. The lowest BCUT2D eigenvalue weighted by atomic mass is 10.0. The van der Waals surface area contributed by atoms with Gasteiger partial charge in [-0.05, 0) is 71.1 Å². The zero-order valence-electron chi connectivity index (χ0n) is 16.1. The number of aryl methyl sites for hydroxylation is 1. The molecule has 1 amide bonds. The third-order valence-electron chi connectivity index (χ3n) is 5.26. The van der Waals surface area contributed by atoms with Gasteiger partial charge in [-0.1, -0.05) is 24.3 Å². The molecule has 2 N–H and O–H groups in total. The first-order chi connectivity index (χ1) is 14.3. The van der Waals surface area contributed by atoms with Crippen molar-refractivity contribution in [1.82, 2.24) is 9.79 Å². The highest BCUT2D eigenvalue weighted by Crippen LogP contribution is 2.33. The van der Waals surface area contributed by atoms with Crippen LogP contribution in [0.1, 0.15) is 27.0 Å². The number of fused-ring (bicyclic) bond motifs is 1. The van der Waals surface area contributed by atoms with E-state index in [1.807, 2.05) is 0 Å². The molecular weight excluding hydrogens is 407 g/mol. The molecule has 0 aliphatic carbocycles. The van der Waals surface area contributed by atoms with E-state index in [0.29, 0.717) is 11.1 Å². The minimum Gasteiger partial charge on any atom is -0.288 e. The Morgan fingerprint density at radius 3 is 2.47 bits per heavy atom. The van der Waals surface area contributed by atoms with E-state index in [4.69, 9.17) is 5.21 Å². The topological polar surface area (TPSA) is 86.7 Å². The fourth-order valence-electron chi connectivity index (χ4n) is 3.67. The first-order valence-electron chi connectivity index (χ1n) is 9.22. The van der Waals surface area contributed by atoms with E-state index in [2.05, 4.69) is 0 Å². The summed E-state index contributed by atoms with van der Waals surface area (Å²) in [5.41, 5.74) is 5.62. The van der Waals surface area contributed by atoms with E-state index in [0.717, 1.165) is 16.7 Å². The van der Waals surface area contributed by atoms with Crippen LogP contribution in [0, 0.1) is 12.7 Å². The summed E-state index contributed by atoms with van der Waals surface area (Å²) in [6.07, 6.45) is 0. The Morgan fingerprint density at radius 2 is 1.77 bits per heavy atom. The number of hydrogen-bond acceptors (Lipinski definition) is 4. The van der Waals surface area contributed by atoms with Crippen LogP contribution in [0.4, 0.5) is 4.39 Å². The molecule has 1 aliphatic rings. The van der Waals surface area contributed by atoms with E-state index in [1.165, 1.54) is 22.5 Å². The Morgan fingerprint density at radius 1 is 1.03 bits per heavy atom. The SMILES string of the molecule is Cc1cc(C(=O)NO)cc2c1CN(S(=O)(=O)c1cccc(-c3ccc(F)cc3)c1)C2. The Bertz CT molecular complexity index is 1240. The smallest absolute Gasteiger partial charge is 0.274 e. The molecule has 0 spiro atoms. The number of hydrogen-bond donors (Lipinski definition) is 2. The van der Waals surface area contributed by atoms with Gasteiger partial charge in [-0.25, -0.2) is 18.3 Å². The molecule has 3 aromatic carbocycles. The van der Waals surface area contributed by atoms with Gasteiger partial charge in [0.25, 0.3) is 5.91 Å². The quantitative estimate of drug-likeness (QED) is 0.493. The summed E-state index contributed by atoms with van der Waals surface area (Å²) >= 11 is 0. The lowest BCUT2D eigenvalue weighted by Crippen LogP contribution is -2.25. The van der Waals surface area contributed by atoms with Gasteiger partial charge in [0.05, 0.1) is 4.90 Å². The van der Waals surface area contributed by atoms with Crippen LogP contribution in [0.2, 0.25) is 0 Å². The molecular formula is C22H19FN2O4S. The first kappa shape index (κ1) is 20.2. The van der Waals surface area contributed by atoms with Gasteiger partial charge in [-0.3, -0.25) is 10.0 Å². The number of nitrogens with one attached hydrogen (secondary N) is 1. The second-order valence-corrected chi connectivity index (χ2v) is 9.12. The molecule has 0 unspecified atom stereocenters. The number of rotatable bonds is 4. The van der Waals surface area contributed by atoms with Gasteiger partial charge in [0, 0.05) is 18.7 Å². The Labute approximate surface area is 173 Å². The maximum atomic E-state index is 13.3. The third kappa shape index (κ3) is 3.60. The molecule has 30 heavy (non-hydrogen) atoms. The lowest BCUT2D eigenvalue weighted by molar-refractivity contribution is 0.0706. The van der Waals surface area contributed by atoms with E-state index in [9.17, 15) is 17.6 Å². The Kier molecular flexibility index (Phi) is 5.15. The van der Waals surface area contributed by atoms with Gasteiger partial charge in [0.15, 0.2) is 0 Å². The van der Waals surface area contributed by atoms with Gasteiger partial charge >= 0.3 is 0 Å². The lowest BCUT2D eigenvalue weighted by Gasteiger charge is -2.16. The van der Waals surface area contributed by atoms with Crippen LogP contribution >= 0.6 is 0 Å². The largest absolute Gasteiger partial charge is 0.288 e. The van der Waals surface area contributed by atoms with Crippen molar-refractivity contribution in [3.63, 3.8) is 0 Å². The predicted octanol–water partition coefficient (Wildman–Crippen LogP) is 3.62. The summed E-state index contributed by atoms with van der Waals surface area (Å²) in [7, 11) is -3.79. The van der Waals surface area contributed by atoms with Crippen molar-refractivity contribution in [2.75, 3.05) is 0 Å². The van der Waals surface area contributed by atoms with Crippen LogP contribution in [0.15, 0.2) is 65.6 Å². The summed E-state index contributed by atoms with van der Waals surface area (Å²) in [5.74, 6) is -1.00. The fourth-order valence-corrected chi connectivity index (χ4v) is 5.11. The van der Waals surface area contributed by atoms with Gasteiger partial charge < -0.3 is 0 Å². The number of halogens is 1. The molecule has 0 radical (unpaired) electrons. The monoisotopic (exact) mass is 426 g/mol. The van der Waals surface area contributed by atoms with Crippen LogP contribution in [-0.2, 0) is 23.1 Å². The molecule has 0 saturated heterocycles. The number of amides is 1. The van der Waals surface area contributed by atoms with Crippen LogP contribution < -0.4 is 5.48 Å². The molecule has 0 saturated carbocycles. The minimum absolute atomic E-state index is 0.131. The number of benzene rings is 3. The molecule has 154 valence electrons. The molecule has 6 nitrogen and oxygen atoms in total. The van der Waals surface area contributed by atoms with Crippen molar-refractivity contribution in [3.05, 3.63) is 88.7 Å². The molecule has 4 rings (SSSR count). The third-order valence-corrected chi connectivity index (χ3v) is 7.05. The van der Waals surface area contributed by atoms with Crippen molar-refractivity contribution in [2.45, 2.75) is 24.9 Å². The van der Waals surface area contributed by atoms with Gasteiger partial charge in [-0.2, -0.15) is 4.31 Å². The predicted molar refractivity (Wildman–Crippen MR) is 109 cm³/mol. The van der Waals surface area contributed by atoms with Crippen molar-refractivity contribution in [2.24, 2.45) is 0 Å². The van der Waals surface area contributed by atoms with E-state index < -0.39 is 15.9 Å². The highest BCUT2D eigenvalue weighted by molar-refractivity contribution is 7.89. The highest BCUT2D eigenvalue weighted by atomic mass is 32.2. The number of nitrogens with zero attached hydrogens (tertiary/aromatic N) is 1. The minimum atomic E-state index is -3.79. The summed E-state index contributed by atoms with van der Waals surface area (Å²) in [6, 6.07) is 15.6. The number of sulfonamides is 1. The van der Waals surface area contributed by atoms with Crippen molar-refractivity contribution < 1.29 is 22.8 Å². The molecule has 1 aliphatic heterocycles. The van der Waals surface area contributed by atoms with Crippen molar-refractivity contribution >= 4 is 15.9 Å². The molecule has 0 bridgehead atoms. The Balaban J connectivity index is 1.66. The molecule has 0 aromatic heterocycles. The van der Waals surface area contributed by atoms with Crippen LogP contribution in [0.3, 0.4) is 0 Å². The molecule has 1 heterocycles. The molecule has 3 aromatic rings. The zero-order chi connectivity index (χ0) is 21.5. The number of carbonyl (C=O) groups is 1. The van der Waals surface area contributed by atoms with Gasteiger partial charge in [-0.15, -0.1) is 0 Å². The van der Waals surface area contributed by atoms with E-state index in [-0.39, 0.29) is 29.4 Å². The molecule has 8 heteroatoms. The molecule has 0 atom stereocenters. The average molecular weight is 426 g/mol. The summed E-state index contributed by atoms with van der Waals surface area (Å²) in [4.78, 5) is 11.9. The van der Waals surface area contributed by atoms with Crippen LogP contribution in [0.25, 0.3) is 11.1 Å². The molecule has 0 fully saturated rings. The van der Waals surface area contributed by atoms with Gasteiger partial charge in [0.1, 0.15) is 5.82 Å². The van der Waals surface area contributed by atoms with Crippen LogP contribution in [0.5, 0.6) is 0 Å². The Hall–Kier alpha value is -3.07. The number of carbonyl (C=O) groups excluding carboxylic acids is 1. The van der Waals surface area contributed by atoms with Crippen molar-refractivity contribution in [1.29, 1.82) is 0 Å². The zero-order valence-corrected chi connectivity index (χ0v) is 16.9. The summed E-state index contributed by atoms with van der Waals surface area (Å²) in [5, 5.41) is 8.87. The normalized spacial score (nSPS) is 13.8. The maximum absolute atomic E-state index is 13.3. The summed E-state index contributed by atoms with van der Waals surface area (Å²) in [6.45, 7) is 2.13. The second kappa shape index (κ2) is 7.64. The first-order valence-corrected chi connectivity index (χ1v) is 10.7. The standard InChI is InChI=1S/C22H19FN2O4S/c1-14-9-17(22(26)24-27)10-18-12-25(13-21(14)18)30(28,29)20-4-2-3-16(11-20)15-5-7-19(23)8-6-15/h2-11,27H,12-13H2,1H3,(H,24,26). The van der Waals surface area contributed by atoms with E-state index >= 15 is 0 Å². The van der Waals surface area contributed by atoms with Crippen LogP contribution in [-0.4, -0.2) is 23.8 Å². The highest BCUT2D eigenvalue weighted by Gasteiger charge is 2.32.